The van der Waals surface area contributed by atoms with Crippen molar-refractivity contribution >= 4 is 0 Å². The Labute approximate surface area is 103 Å². The lowest BCUT2D eigenvalue weighted by molar-refractivity contribution is -0.163. The number of rotatable bonds is 1. The summed E-state index contributed by atoms with van der Waals surface area (Å²) < 4.78 is 11.7. The summed E-state index contributed by atoms with van der Waals surface area (Å²) in [6.07, 6.45) is 3.01. The van der Waals surface area contributed by atoms with Crippen LogP contribution in [0.3, 0.4) is 0 Å². The van der Waals surface area contributed by atoms with Crippen LogP contribution in [-0.4, -0.2) is 19.0 Å². The Kier molecular flexibility index (Phi) is 2.72. The Morgan fingerprint density at radius 2 is 1.94 bits per heavy atom. The van der Waals surface area contributed by atoms with Gasteiger partial charge in [0.2, 0.25) is 0 Å². The second-order valence-electron chi connectivity index (χ2n) is 5.42. The molecule has 1 spiro atoms. The first-order chi connectivity index (χ1) is 8.20. The second kappa shape index (κ2) is 4.11. The fourth-order valence-corrected chi connectivity index (χ4v) is 3.07. The minimum Gasteiger partial charge on any atom is -0.347 e. The molecule has 0 aromatic heterocycles. The van der Waals surface area contributed by atoms with Gasteiger partial charge in [-0.1, -0.05) is 32.0 Å². The van der Waals surface area contributed by atoms with Crippen molar-refractivity contribution in [2.75, 3.05) is 13.2 Å². The third-order valence-electron chi connectivity index (χ3n) is 3.97. The number of hydrogen-bond acceptors (Lipinski definition) is 2. The highest BCUT2D eigenvalue weighted by Crippen LogP contribution is 2.38. The van der Waals surface area contributed by atoms with Gasteiger partial charge in [0.15, 0.2) is 5.79 Å². The van der Waals surface area contributed by atoms with E-state index in [4.69, 9.17) is 9.47 Å². The van der Waals surface area contributed by atoms with E-state index in [0.29, 0.717) is 5.92 Å². The third-order valence-corrected chi connectivity index (χ3v) is 3.97. The van der Waals surface area contributed by atoms with E-state index in [9.17, 15) is 0 Å². The lowest BCUT2D eigenvalue weighted by atomic mass is 9.82. The summed E-state index contributed by atoms with van der Waals surface area (Å²) in [6.45, 7) is 6.01. The molecular formula is C15H20O2. The van der Waals surface area contributed by atoms with Crippen molar-refractivity contribution in [3.63, 3.8) is 0 Å². The molecule has 0 radical (unpaired) electrons. The van der Waals surface area contributed by atoms with Crippen molar-refractivity contribution in [2.24, 2.45) is 0 Å². The van der Waals surface area contributed by atoms with E-state index < -0.39 is 0 Å². The summed E-state index contributed by atoms with van der Waals surface area (Å²) in [5.74, 6) is 0.263. The molecule has 2 aliphatic rings. The largest absolute Gasteiger partial charge is 0.347 e. The van der Waals surface area contributed by atoms with Crippen LogP contribution < -0.4 is 0 Å². The molecule has 0 bridgehead atoms. The van der Waals surface area contributed by atoms with Gasteiger partial charge in [-0.2, -0.15) is 0 Å². The van der Waals surface area contributed by atoms with Crippen molar-refractivity contribution in [1.29, 1.82) is 0 Å². The van der Waals surface area contributed by atoms with Crippen LogP contribution in [0, 0.1) is 0 Å². The first kappa shape index (κ1) is 11.2. The van der Waals surface area contributed by atoms with E-state index in [1.807, 2.05) is 0 Å². The van der Waals surface area contributed by atoms with Crippen LogP contribution in [0.15, 0.2) is 18.2 Å². The molecule has 0 amide bonds. The molecule has 1 aliphatic heterocycles. The summed E-state index contributed by atoms with van der Waals surface area (Å²) >= 11 is 0. The molecular weight excluding hydrogens is 212 g/mol. The minimum absolute atomic E-state index is 0.308. The number of fused-ring (bicyclic) bond motifs is 1. The molecule has 3 rings (SSSR count). The molecule has 1 aromatic carbocycles. The zero-order chi connectivity index (χ0) is 11.9. The predicted octanol–water partition coefficient (Wildman–Crippen LogP) is 3.04. The summed E-state index contributed by atoms with van der Waals surface area (Å²) in [7, 11) is 0. The fourth-order valence-electron chi connectivity index (χ4n) is 3.07. The lowest BCUT2D eigenvalue weighted by Gasteiger charge is -2.34. The molecule has 92 valence electrons. The highest BCUT2D eigenvalue weighted by Gasteiger charge is 2.40. The second-order valence-corrected chi connectivity index (χ2v) is 5.42. The van der Waals surface area contributed by atoms with Gasteiger partial charge in [0.1, 0.15) is 0 Å². The molecule has 1 aliphatic carbocycles. The van der Waals surface area contributed by atoms with E-state index in [1.165, 1.54) is 16.7 Å². The molecule has 0 atom stereocenters. The summed E-state index contributed by atoms with van der Waals surface area (Å²) in [4.78, 5) is 0. The number of hydrogen-bond donors (Lipinski definition) is 0. The number of ether oxygens (including phenoxy) is 2. The number of benzene rings is 1. The molecule has 0 unspecified atom stereocenters. The van der Waals surface area contributed by atoms with Crippen molar-refractivity contribution in [1.82, 2.24) is 0 Å². The Morgan fingerprint density at radius 3 is 2.65 bits per heavy atom. The van der Waals surface area contributed by atoms with Crippen molar-refractivity contribution in [3.8, 4) is 0 Å². The monoisotopic (exact) mass is 232 g/mol. The topological polar surface area (TPSA) is 18.5 Å². The molecule has 0 N–H and O–H groups in total. The standard InChI is InChI=1S/C15H20O2/c1-11(2)13-5-3-4-12-6-7-15(10-14(12)13)16-8-9-17-15/h3-5,11H,6-10H2,1-2H3. The van der Waals surface area contributed by atoms with Crippen molar-refractivity contribution in [3.05, 3.63) is 34.9 Å². The molecule has 1 aromatic rings. The molecule has 1 fully saturated rings. The molecule has 1 heterocycles. The van der Waals surface area contributed by atoms with Crippen LogP contribution in [0.1, 0.15) is 42.9 Å². The van der Waals surface area contributed by atoms with E-state index in [1.54, 1.807) is 0 Å². The summed E-state index contributed by atoms with van der Waals surface area (Å²) in [6, 6.07) is 6.68. The van der Waals surface area contributed by atoms with Gasteiger partial charge in [0.05, 0.1) is 13.2 Å². The Hall–Kier alpha value is -0.860. The van der Waals surface area contributed by atoms with Crippen LogP contribution >= 0.6 is 0 Å². The molecule has 2 heteroatoms. The maximum Gasteiger partial charge on any atom is 0.172 e. The SMILES string of the molecule is CC(C)c1cccc2c1CC1(CC2)OCCO1. The highest BCUT2D eigenvalue weighted by atomic mass is 16.7. The predicted molar refractivity (Wildman–Crippen MR) is 67.2 cm³/mol. The van der Waals surface area contributed by atoms with E-state index in [0.717, 1.165) is 32.5 Å². The van der Waals surface area contributed by atoms with Crippen LogP contribution in [0.5, 0.6) is 0 Å². The first-order valence-electron chi connectivity index (χ1n) is 6.59. The Bertz CT molecular complexity index is 417. The average molecular weight is 232 g/mol. The van der Waals surface area contributed by atoms with Gasteiger partial charge in [0, 0.05) is 12.8 Å². The van der Waals surface area contributed by atoms with Gasteiger partial charge in [-0.05, 0) is 29.0 Å². The normalized spacial score (nSPS) is 22.1. The molecule has 0 saturated carbocycles. The van der Waals surface area contributed by atoms with Crippen molar-refractivity contribution in [2.45, 2.75) is 44.8 Å². The maximum atomic E-state index is 5.85. The summed E-state index contributed by atoms with van der Waals surface area (Å²) in [5.41, 5.74) is 4.41. The van der Waals surface area contributed by atoms with E-state index in [2.05, 4.69) is 32.0 Å². The van der Waals surface area contributed by atoms with Crippen LogP contribution in [0.2, 0.25) is 0 Å². The lowest BCUT2D eigenvalue weighted by Crippen LogP contribution is -2.37. The smallest absolute Gasteiger partial charge is 0.172 e. The average Bonchev–Trinajstić information content (AvgIpc) is 2.76. The molecule has 1 saturated heterocycles. The van der Waals surface area contributed by atoms with Gasteiger partial charge in [0.25, 0.3) is 0 Å². The highest BCUT2D eigenvalue weighted by molar-refractivity contribution is 5.40. The number of aryl methyl sites for hydroxylation is 1. The first-order valence-corrected chi connectivity index (χ1v) is 6.59. The minimum atomic E-state index is -0.308. The van der Waals surface area contributed by atoms with Crippen LogP contribution in [-0.2, 0) is 22.3 Å². The fraction of sp³-hybridized carbons (Fsp3) is 0.600. The zero-order valence-corrected chi connectivity index (χ0v) is 10.7. The quantitative estimate of drug-likeness (QED) is 0.741. The van der Waals surface area contributed by atoms with Gasteiger partial charge < -0.3 is 9.47 Å². The van der Waals surface area contributed by atoms with Crippen LogP contribution in [0.25, 0.3) is 0 Å². The summed E-state index contributed by atoms with van der Waals surface area (Å²) in [5, 5.41) is 0. The Balaban J connectivity index is 1.99. The van der Waals surface area contributed by atoms with Crippen molar-refractivity contribution < 1.29 is 9.47 Å². The molecule has 17 heavy (non-hydrogen) atoms. The van der Waals surface area contributed by atoms with Gasteiger partial charge in [-0.15, -0.1) is 0 Å². The Morgan fingerprint density at radius 1 is 1.18 bits per heavy atom. The van der Waals surface area contributed by atoms with Gasteiger partial charge in [-0.25, -0.2) is 0 Å². The third kappa shape index (κ3) is 1.90. The van der Waals surface area contributed by atoms with Crippen LogP contribution in [0.4, 0.5) is 0 Å². The molecule has 2 nitrogen and oxygen atoms in total. The van der Waals surface area contributed by atoms with Gasteiger partial charge in [-0.3, -0.25) is 0 Å². The van der Waals surface area contributed by atoms with E-state index in [-0.39, 0.29) is 5.79 Å². The zero-order valence-electron chi connectivity index (χ0n) is 10.7. The van der Waals surface area contributed by atoms with Gasteiger partial charge >= 0.3 is 0 Å². The van der Waals surface area contributed by atoms with E-state index >= 15 is 0 Å². The maximum absolute atomic E-state index is 5.85.